The lowest BCUT2D eigenvalue weighted by Crippen LogP contribution is -2.28. The molecule has 1 heterocycles. The normalized spacial score (nSPS) is 14.1. The van der Waals surface area contributed by atoms with Gasteiger partial charge in [0.15, 0.2) is 0 Å². The summed E-state index contributed by atoms with van der Waals surface area (Å²) in [6.45, 7) is 4.65. The first kappa shape index (κ1) is 34.6. The highest BCUT2D eigenvalue weighted by molar-refractivity contribution is 6.09. The van der Waals surface area contributed by atoms with Crippen LogP contribution in [0.2, 0.25) is 0 Å². The third-order valence-electron chi connectivity index (χ3n) is 13.3. The van der Waals surface area contributed by atoms with Crippen molar-refractivity contribution in [3.05, 3.63) is 246 Å². The molecule has 0 saturated carbocycles. The summed E-state index contributed by atoms with van der Waals surface area (Å²) in [5, 5.41) is 2.27. The van der Waals surface area contributed by atoms with E-state index in [2.05, 4.69) is 231 Å². The van der Waals surface area contributed by atoms with Crippen molar-refractivity contribution in [1.82, 2.24) is 0 Å². The molecule has 0 saturated heterocycles. The minimum Gasteiger partial charge on any atom is -0.456 e. The third-order valence-corrected chi connectivity index (χ3v) is 13.3. The Morgan fingerprint density at radius 3 is 1.57 bits per heavy atom. The molecule has 0 aliphatic heterocycles. The fraction of sp³-hybridized carbons (Fsp3) is 0.0690. The number of hydrogen-bond acceptors (Lipinski definition) is 2. The molecule has 0 unspecified atom stereocenters. The number of hydrogen-bond donors (Lipinski definition) is 0. The molecule has 2 heteroatoms. The van der Waals surface area contributed by atoms with Crippen LogP contribution in [-0.4, -0.2) is 0 Å². The molecule has 0 atom stereocenters. The van der Waals surface area contributed by atoms with E-state index in [9.17, 15) is 0 Å². The predicted octanol–water partition coefficient (Wildman–Crippen LogP) is 15.4. The molecule has 9 aromatic carbocycles. The van der Waals surface area contributed by atoms with Crippen molar-refractivity contribution in [2.24, 2.45) is 0 Å². The summed E-state index contributed by atoms with van der Waals surface area (Å²) < 4.78 is 6.85. The van der Waals surface area contributed by atoms with E-state index in [1.54, 1.807) is 0 Å². The smallest absolute Gasteiger partial charge is 0.137 e. The van der Waals surface area contributed by atoms with Gasteiger partial charge in [-0.2, -0.15) is 0 Å². The Balaban J connectivity index is 1.07. The molecule has 0 bridgehead atoms. The van der Waals surface area contributed by atoms with Crippen molar-refractivity contribution in [2.45, 2.75) is 24.7 Å². The Labute approximate surface area is 350 Å². The highest BCUT2D eigenvalue weighted by Gasteiger charge is 2.46. The maximum Gasteiger partial charge on any atom is 0.137 e. The quantitative estimate of drug-likeness (QED) is 0.168. The molecule has 2 nitrogen and oxygen atoms in total. The Kier molecular flexibility index (Phi) is 7.52. The number of benzene rings is 9. The van der Waals surface area contributed by atoms with Crippen LogP contribution in [0.1, 0.15) is 47.2 Å². The van der Waals surface area contributed by atoms with Crippen molar-refractivity contribution in [3.8, 4) is 33.4 Å². The molecule has 1 aromatic heterocycles. The maximum atomic E-state index is 6.85. The Bertz CT molecular complexity index is 3230. The van der Waals surface area contributed by atoms with Gasteiger partial charge in [0.2, 0.25) is 0 Å². The van der Waals surface area contributed by atoms with Gasteiger partial charge in [-0.05, 0) is 115 Å². The minimum absolute atomic E-state index is 0.102. The Hall–Kier alpha value is -7.42. The van der Waals surface area contributed by atoms with Crippen LogP contribution < -0.4 is 4.90 Å². The first-order valence-corrected chi connectivity index (χ1v) is 20.9. The monoisotopic (exact) mass is 767 g/mol. The zero-order valence-corrected chi connectivity index (χ0v) is 33.6. The number of anilines is 3. The molecule has 284 valence electrons. The minimum atomic E-state index is -0.511. The average molecular weight is 768 g/mol. The molecule has 0 N–H and O–H groups in total. The summed E-state index contributed by atoms with van der Waals surface area (Å²) >= 11 is 0. The van der Waals surface area contributed by atoms with Gasteiger partial charge in [-0.25, -0.2) is 0 Å². The second-order valence-electron chi connectivity index (χ2n) is 16.9. The van der Waals surface area contributed by atoms with Gasteiger partial charge in [0, 0.05) is 39.3 Å². The molecule has 0 fully saturated rings. The number of fused-ring (bicyclic) bond motifs is 9. The molecule has 2 aliphatic rings. The van der Waals surface area contributed by atoms with E-state index in [-0.39, 0.29) is 5.41 Å². The standard InChI is InChI=1S/C58H41NO/c1-57(2)51-24-14-12-23-46(51)49-36-50-48-33-31-44(35-55(48)60-56(50)37-53(49)57)59(42-28-26-39(27-29-42)38-16-6-3-7-17-38)43-30-32-47-45-22-13-15-25-52(45)58(54(47)34-43,40-18-8-4-9-19-40)41-20-10-5-11-21-41/h3-37H,1-2H3. The summed E-state index contributed by atoms with van der Waals surface area (Å²) in [4.78, 5) is 2.39. The molecule has 60 heavy (non-hydrogen) atoms. The second kappa shape index (κ2) is 13.0. The highest BCUT2D eigenvalue weighted by atomic mass is 16.3. The zero-order chi connectivity index (χ0) is 40.0. The number of rotatable bonds is 6. The summed E-state index contributed by atoms with van der Waals surface area (Å²) in [6.07, 6.45) is 0. The molecular formula is C58H41NO. The van der Waals surface area contributed by atoms with Gasteiger partial charge in [0.1, 0.15) is 11.2 Å². The number of nitrogens with zero attached hydrogens (tertiary/aromatic N) is 1. The van der Waals surface area contributed by atoms with E-state index in [4.69, 9.17) is 4.42 Å². The van der Waals surface area contributed by atoms with Gasteiger partial charge < -0.3 is 9.32 Å². The van der Waals surface area contributed by atoms with Gasteiger partial charge in [-0.3, -0.25) is 0 Å². The van der Waals surface area contributed by atoms with E-state index in [1.165, 1.54) is 66.8 Å². The van der Waals surface area contributed by atoms with Crippen LogP contribution in [-0.2, 0) is 10.8 Å². The van der Waals surface area contributed by atoms with Crippen molar-refractivity contribution in [1.29, 1.82) is 0 Å². The zero-order valence-electron chi connectivity index (χ0n) is 33.6. The molecule has 2 aliphatic carbocycles. The van der Waals surface area contributed by atoms with Crippen LogP contribution in [0.5, 0.6) is 0 Å². The summed E-state index contributed by atoms with van der Waals surface area (Å²) in [6, 6.07) is 77.9. The fourth-order valence-electron chi connectivity index (χ4n) is 10.6. The first-order chi connectivity index (χ1) is 29.5. The lowest BCUT2D eigenvalue weighted by atomic mass is 9.67. The molecule has 12 rings (SSSR count). The van der Waals surface area contributed by atoms with Gasteiger partial charge in [-0.1, -0.05) is 172 Å². The van der Waals surface area contributed by atoms with Crippen LogP contribution in [0.15, 0.2) is 217 Å². The highest BCUT2D eigenvalue weighted by Crippen LogP contribution is 2.57. The molecule has 0 amide bonds. The van der Waals surface area contributed by atoms with Gasteiger partial charge >= 0.3 is 0 Å². The Morgan fingerprint density at radius 2 is 0.867 bits per heavy atom. The van der Waals surface area contributed by atoms with Crippen molar-refractivity contribution < 1.29 is 4.42 Å². The lowest BCUT2D eigenvalue weighted by molar-refractivity contribution is 0.647. The average Bonchev–Trinajstić information content (AvgIpc) is 3.89. The second-order valence-corrected chi connectivity index (χ2v) is 16.9. The fourth-order valence-corrected chi connectivity index (χ4v) is 10.6. The summed E-state index contributed by atoms with van der Waals surface area (Å²) in [5.74, 6) is 0. The molecule has 0 radical (unpaired) electrons. The van der Waals surface area contributed by atoms with E-state index < -0.39 is 5.41 Å². The largest absolute Gasteiger partial charge is 0.456 e. The first-order valence-electron chi connectivity index (χ1n) is 20.9. The van der Waals surface area contributed by atoms with Crippen molar-refractivity contribution in [3.63, 3.8) is 0 Å². The van der Waals surface area contributed by atoms with Crippen LogP contribution in [0, 0.1) is 0 Å². The van der Waals surface area contributed by atoms with E-state index in [1.807, 2.05) is 0 Å². The summed E-state index contributed by atoms with van der Waals surface area (Å²) in [5.41, 5.74) is 19.6. The van der Waals surface area contributed by atoms with Gasteiger partial charge in [0.25, 0.3) is 0 Å². The molecular weight excluding hydrogens is 727 g/mol. The predicted molar refractivity (Wildman–Crippen MR) is 249 cm³/mol. The van der Waals surface area contributed by atoms with Crippen molar-refractivity contribution >= 4 is 39.0 Å². The third kappa shape index (κ3) is 4.94. The summed E-state index contributed by atoms with van der Waals surface area (Å²) in [7, 11) is 0. The van der Waals surface area contributed by atoms with Crippen LogP contribution in [0.3, 0.4) is 0 Å². The Morgan fingerprint density at radius 1 is 0.350 bits per heavy atom. The molecule has 0 spiro atoms. The van der Waals surface area contributed by atoms with E-state index >= 15 is 0 Å². The number of furan rings is 1. The topological polar surface area (TPSA) is 16.4 Å². The van der Waals surface area contributed by atoms with Crippen LogP contribution in [0.25, 0.3) is 55.3 Å². The maximum absolute atomic E-state index is 6.85. The SMILES string of the molecule is CC1(C)c2ccccc2-c2cc3c(cc21)oc1cc(N(c2ccc(-c4ccccc4)cc2)c2ccc4c(c2)C(c2ccccc2)(c2ccccc2)c2ccccc2-4)ccc13. The van der Waals surface area contributed by atoms with Crippen LogP contribution in [0.4, 0.5) is 17.1 Å². The van der Waals surface area contributed by atoms with E-state index in [0.717, 1.165) is 39.0 Å². The van der Waals surface area contributed by atoms with E-state index in [0.29, 0.717) is 0 Å². The van der Waals surface area contributed by atoms with Crippen LogP contribution >= 0.6 is 0 Å². The lowest BCUT2D eigenvalue weighted by Gasteiger charge is -2.35. The van der Waals surface area contributed by atoms with Gasteiger partial charge in [-0.15, -0.1) is 0 Å². The van der Waals surface area contributed by atoms with Gasteiger partial charge in [0.05, 0.1) is 5.41 Å². The molecule has 10 aromatic rings. The van der Waals surface area contributed by atoms with Crippen molar-refractivity contribution in [2.75, 3.05) is 4.90 Å².